The van der Waals surface area contributed by atoms with Gasteiger partial charge in [-0.25, -0.2) is 0 Å². The minimum absolute atomic E-state index is 0.0272. The summed E-state index contributed by atoms with van der Waals surface area (Å²) in [5.74, 6) is 0. The normalized spacial score (nSPS) is 24.0. The highest BCUT2D eigenvalue weighted by molar-refractivity contribution is 4.83. The van der Waals surface area contributed by atoms with E-state index in [9.17, 15) is 5.11 Å². The lowest BCUT2D eigenvalue weighted by Gasteiger charge is -2.38. The van der Waals surface area contributed by atoms with Gasteiger partial charge in [0.25, 0.3) is 0 Å². The molecule has 0 radical (unpaired) electrons. The summed E-state index contributed by atoms with van der Waals surface area (Å²) in [6.07, 6.45) is 4.72. The third-order valence-electron chi connectivity index (χ3n) is 3.28. The molecule has 2 N–H and O–H groups in total. The molecular formula is C12H24O4. The lowest BCUT2D eigenvalue weighted by Crippen LogP contribution is -2.40. The second-order valence-electron chi connectivity index (χ2n) is 4.60. The first-order valence-electron chi connectivity index (χ1n) is 6.23. The fourth-order valence-corrected chi connectivity index (χ4v) is 2.30. The third kappa shape index (κ3) is 4.37. The zero-order valence-corrected chi connectivity index (χ0v) is 10.3. The molecule has 1 aliphatic carbocycles. The summed E-state index contributed by atoms with van der Waals surface area (Å²) in [6.45, 7) is 3.63. The van der Waals surface area contributed by atoms with Crippen LogP contribution in [0.3, 0.4) is 0 Å². The Morgan fingerprint density at radius 1 is 1.19 bits per heavy atom. The Labute approximate surface area is 97.6 Å². The van der Waals surface area contributed by atoms with Gasteiger partial charge < -0.3 is 19.7 Å². The van der Waals surface area contributed by atoms with Crippen LogP contribution < -0.4 is 0 Å². The number of ether oxygens (including phenoxy) is 2. The molecule has 16 heavy (non-hydrogen) atoms. The molecule has 1 aliphatic rings. The van der Waals surface area contributed by atoms with E-state index in [0.29, 0.717) is 0 Å². The van der Waals surface area contributed by atoms with Gasteiger partial charge in [0, 0.05) is 0 Å². The van der Waals surface area contributed by atoms with Gasteiger partial charge in [0.2, 0.25) is 0 Å². The highest BCUT2D eigenvalue weighted by Crippen LogP contribution is 2.35. The number of aliphatic hydroxyl groups excluding tert-OH is 2. The van der Waals surface area contributed by atoms with Crippen LogP contribution in [0, 0.1) is 0 Å². The topological polar surface area (TPSA) is 58.9 Å². The van der Waals surface area contributed by atoms with Gasteiger partial charge in [0.1, 0.15) is 6.61 Å². The van der Waals surface area contributed by atoms with Gasteiger partial charge in [-0.15, -0.1) is 0 Å². The van der Waals surface area contributed by atoms with Crippen molar-refractivity contribution in [3.63, 3.8) is 0 Å². The van der Waals surface area contributed by atoms with Crippen molar-refractivity contribution in [3.05, 3.63) is 0 Å². The fourth-order valence-electron chi connectivity index (χ4n) is 2.30. The van der Waals surface area contributed by atoms with Crippen molar-refractivity contribution in [2.24, 2.45) is 0 Å². The van der Waals surface area contributed by atoms with E-state index in [-0.39, 0.29) is 12.2 Å². The third-order valence-corrected chi connectivity index (χ3v) is 3.28. The molecule has 4 nitrogen and oxygen atoms in total. The van der Waals surface area contributed by atoms with Gasteiger partial charge in [-0.05, 0) is 26.2 Å². The van der Waals surface area contributed by atoms with Crippen LogP contribution in [0.5, 0.6) is 0 Å². The Morgan fingerprint density at radius 2 is 1.81 bits per heavy atom. The maximum Gasteiger partial charge on any atom is 0.178 e. The van der Waals surface area contributed by atoms with Crippen molar-refractivity contribution >= 4 is 0 Å². The molecule has 1 rings (SSSR count). The molecule has 0 aromatic rings. The smallest absolute Gasteiger partial charge is 0.178 e. The van der Waals surface area contributed by atoms with E-state index < -0.39 is 12.6 Å². The predicted octanol–water partition coefficient (Wildman–Crippen LogP) is 1.79. The molecule has 0 aromatic heterocycles. The molecule has 4 heteroatoms. The Balaban J connectivity index is 2.36. The predicted molar refractivity (Wildman–Crippen MR) is 60.8 cm³/mol. The molecule has 2 atom stereocenters. The van der Waals surface area contributed by atoms with Gasteiger partial charge in [-0.1, -0.05) is 26.2 Å². The van der Waals surface area contributed by atoms with E-state index in [0.717, 1.165) is 32.1 Å². The molecule has 0 spiro atoms. The van der Waals surface area contributed by atoms with Crippen LogP contribution in [0.1, 0.15) is 52.4 Å². The first-order chi connectivity index (χ1) is 7.58. The van der Waals surface area contributed by atoms with E-state index >= 15 is 0 Å². The molecule has 0 saturated heterocycles. The van der Waals surface area contributed by atoms with Crippen molar-refractivity contribution in [1.82, 2.24) is 0 Å². The van der Waals surface area contributed by atoms with Gasteiger partial charge in [-0.3, -0.25) is 0 Å². The zero-order valence-electron chi connectivity index (χ0n) is 10.3. The largest absolute Gasteiger partial charge is 0.368 e. The molecule has 96 valence electrons. The number of hydrogen-bond donors (Lipinski definition) is 2. The summed E-state index contributed by atoms with van der Waals surface area (Å²) >= 11 is 0. The Kier molecular flexibility index (Phi) is 5.69. The second-order valence-corrected chi connectivity index (χ2v) is 4.60. The molecule has 0 aliphatic heterocycles. The van der Waals surface area contributed by atoms with Crippen molar-refractivity contribution < 1.29 is 19.7 Å². The molecule has 1 fully saturated rings. The summed E-state index contributed by atoms with van der Waals surface area (Å²) < 4.78 is 10.6. The average molecular weight is 232 g/mol. The van der Waals surface area contributed by atoms with E-state index in [1.54, 1.807) is 0 Å². The van der Waals surface area contributed by atoms with Crippen molar-refractivity contribution in [2.45, 2.75) is 70.6 Å². The van der Waals surface area contributed by atoms with Crippen LogP contribution in [0.15, 0.2) is 0 Å². The molecule has 1 saturated carbocycles. The highest BCUT2D eigenvalue weighted by atomic mass is 16.7. The zero-order chi connectivity index (χ0) is 12.0. The van der Waals surface area contributed by atoms with E-state index in [1.807, 2.05) is 0 Å². The average Bonchev–Trinajstić information content (AvgIpc) is 2.28. The van der Waals surface area contributed by atoms with Crippen molar-refractivity contribution in [1.29, 1.82) is 0 Å². The van der Waals surface area contributed by atoms with E-state index in [4.69, 9.17) is 14.6 Å². The maximum atomic E-state index is 9.69. The van der Waals surface area contributed by atoms with Gasteiger partial charge >= 0.3 is 0 Å². The standard InChI is InChI=1S/C12H24O4/c1-3-12(7-5-4-6-8-12)16-11(14)9-15-10(2)13/h10-11,13-14H,3-9H2,1-2H3. The first kappa shape index (κ1) is 13.9. The molecule has 2 unspecified atom stereocenters. The molecule has 0 amide bonds. The summed E-state index contributed by atoms with van der Waals surface area (Å²) in [5.41, 5.74) is -0.181. The second kappa shape index (κ2) is 6.55. The van der Waals surface area contributed by atoms with Gasteiger partial charge in [0.15, 0.2) is 12.6 Å². The summed E-state index contributed by atoms with van der Waals surface area (Å²) in [6, 6.07) is 0. The number of rotatable bonds is 6. The molecular weight excluding hydrogens is 208 g/mol. The van der Waals surface area contributed by atoms with Crippen LogP contribution in [0.25, 0.3) is 0 Å². The molecule has 0 aromatic carbocycles. The minimum Gasteiger partial charge on any atom is -0.368 e. The van der Waals surface area contributed by atoms with Crippen LogP contribution >= 0.6 is 0 Å². The summed E-state index contributed by atoms with van der Waals surface area (Å²) in [4.78, 5) is 0. The monoisotopic (exact) mass is 232 g/mol. The van der Waals surface area contributed by atoms with Crippen molar-refractivity contribution in [2.75, 3.05) is 6.61 Å². The van der Waals surface area contributed by atoms with Crippen molar-refractivity contribution in [3.8, 4) is 0 Å². The molecule has 0 heterocycles. The summed E-state index contributed by atoms with van der Waals surface area (Å²) in [5, 5.41) is 18.6. The Bertz CT molecular complexity index is 187. The fraction of sp³-hybridized carbons (Fsp3) is 1.00. The van der Waals surface area contributed by atoms with Crippen LogP contribution in [0.4, 0.5) is 0 Å². The molecule has 0 bridgehead atoms. The number of hydrogen-bond acceptors (Lipinski definition) is 4. The minimum atomic E-state index is -0.937. The van der Waals surface area contributed by atoms with E-state index in [1.165, 1.54) is 13.3 Å². The maximum absolute atomic E-state index is 9.69. The van der Waals surface area contributed by atoms with Crippen LogP contribution in [-0.2, 0) is 9.47 Å². The van der Waals surface area contributed by atoms with Gasteiger partial charge in [0.05, 0.1) is 5.60 Å². The summed E-state index contributed by atoms with van der Waals surface area (Å²) in [7, 11) is 0. The Hall–Kier alpha value is -0.160. The van der Waals surface area contributed by atoms with Crippen LogP contribution in [0.2, 0.25) is 0 Å². The van der Waals surface area contributed by atoms with Gasteiger partial charge in [-0.2, -0.15) is 0 Å². The van der Waals surface area contributed by atoms with Crippen LogP contribution in [-0.4, -0.2) is 35.0 Å². The Morgan fingerprint density at radius 3 is 2.31 bits per heavy atom. The van der Waals surface area contributed by atoms with E-state index in [2.05, 4.69) is 6.92 Å². The lowest BCUT2D eigenvalue weighted by atomic mass is 9.83. The SMILES string of the molecule is CCC1(OC(O)COC(C)O)CCCCC1. The lowest BCUT2D eigenvalue weighted by molar-refractivity contribution is -0.235. The highest BCUT2D eigenvalue weighted by Gasteiger charge is 2.33. The first-order valence-corrected chi connectivity index (χ1v) is 6.23. The quantitative estimate of drug-likeness (QED) is 0.685. The number of aliphatic hydroxyl groups is 2.